The van der Waals surface area contributed by atoms with Gasteiger partial charge < -0.3 is 0 Å². The molecule has 0 radical (unpaired) electrons. The fourth-order valence-corrected chi connectivity index (χ4v) is 0.850. The second kappa shape index (κ2) is 3.85. The monoisotopic (exact) mass is 164 g/mol. The summed E-state index contributed by atoms with van der Waals surface area (Å²) in [4.78, 5) is 15.0. The zero-order valence-corrected chi connectivity index (χ0v) is 7.16. The van der Waals surface area contributed by atoms with E-state index in [1.54, 1.807) is 4.57 Å². The van der Waals surface area contributed by atoms with Crippen molar-refractivity contribution in [1.29, 1.82) is 0 Å². The Morgan fingerprint density at radius 2 is 2.50 bits per heavy atom. The van der Waals surface area contributed by atoms with Crippen LogP contribution in [0.3, 0.4) is 0 Å². The maximum absolute atomic E-state index is 11.2. The standard InChI is InChI=1S/C9H12N2O/c1-3-8(2)6-11-7-10-5-4-9(11)12/h4-5,7H,2-3,6H2,1H3. The molecule has 3 heteroatoms. The topological polar surface area (TPSA) is 34.9 Å². The first-order valence-corrected chi connectivity index (χ1v) is 3.91. The molecule has 0 aliphatic rings. The van der Waals surface area contributed by atoms with Crippen molar-refractivity contribution in [2.75, 3.05) is 0 Å². The third-order valence-corrected chi connectivity index (χ3v) is 1.69. The van der Waals surface area contributed by atoms with Gasteiger partial charge in [-0.1, -0.05) is 19.1 Å². The van der Waals surface area contributed by atoms with E-state index in [9.17, 15) is 4.79 Å². The van der Waals surface area contributed by atoms with Gasteiger partial charge in [0.1, 0.15) is 0 Å². The van der Waals surface area contributed by atoms with Crippen molar-refractivity contribution in [3.8, 4) is 0 Å². The van der Waals surface area contributed by atoms with Crippen molar-refractivity contribution >= 4 is 0 Å². The third kappa shape index (κ3) is 2.05. The van der Waals surface area contributed by atoms with Crippen molar-refractivity contribution in [3.63, 3.8) is 0 Å². The minimum Gasteiger partial charge on any atom is -0.295 e. The number of hydrogen-bond donors (Lipinski definition) is 0. The quantitative estimate of drug-likeness (QED) is 0.629. The zero-order valence-electron chi connectivity index (χ0n) is 7.16. The first-order valence-electron chi connectivity index (χ1n) is 3.91. The molecule has 1 aromatic rings. The number of rotatable bonds is 3. The second-order valence-corrected chi connectivity index (χ2v) is 2.65. The maximum Gasteiger partial charge on any atom is 0.253 e. The number of hydrogen-bond acceptors (Lipinski definition) is 2. The van der Waals surface area contributed by atoms with E-state index in [1.165, 1.54) is 18.6 Å². The first-order chi connectivity index (χ1) is 5.74. The largest absolute Gasteiger partial charge is 0.295 e. The molecule has 0 amide bonds. The summed E-state index contributed by atoms with van der Waals surface area (Å²) in [5, 5.41) is 0. The van der Waals surface area contributed by atoms with Gasteiger partial charge in [0.05, 0.1) is 6.33 Å². The Labute approximate surface area is 71.4 Å². The lowest BCUT2D eigenvalue weighted by Crippen LogP contribution is -2.19. The smallest absolute Gasteiger partial charge is 0.253 e. The van der Waals surface area contributed by atoms with Crippen LogP contribution in [0.2, 0.25) is 0 Å². The van der Waals surface area contributed by atoms with Crippen molar-refractivity contribution in [3.05, 3.63) is 41.1 Å². The first kappa shape index (κ1) is 8.71. The lowest BCUT2D eigenvalue weighted by atomic mass is 10.2. The molecular formula is C9H12N2O. The Balaban J connectivity index is 2.83. The van der Waals surface area contributed by atoms with Crippen LogP contribution in [-0.4, -0.2) is 9.55 Å². The fourth-order valence-electron chi connectivity index (χ4n) is 0.850. The molecule has 0 spiro atoms. The van der Waals surface area contributed by atoms with Gasteiger partial charge in [0.15, 0.2) is 0 Å². The molecule has 1 aromatic heterocycles. The molecule has 1 heterocycles. The molecule has 0 unspecified atom stereocenters. The van der Waals surface area contributed by atoms with E-state index >= 15 is 0 Å². The zero-order chi connectivity index (χ0) is 8.97. The van der Waals surface area contributed by atoms with Crippen LogP contribution in [0.25, 0.3) is 0 Å². The van der Waals surface area contributed by atoms with Gasteiger partial charge in [-0.15, -0.1) is 0 Å². The molecule has 0 saturated carbocycles. The SMILES string of the molecule is C=C(CC)Cn1cnccc1=O. The molecule has 0 saturated heterocycles. The van der Waals surface area contributed by atoms with Crippen LogP contribution in [0.1, 0.15) is 13.3 Å². The summed E-state index contributed by atoms with van der Waals surface area (Å²) in [7, 11) is 0. The molecule has 0 N–H and O–H groups in total. The van der Waals surface area contributed by atoms with E-state index in [0.29, 0.717) is 6.54 Å². The highest BCUT2D eigenvalue weighted by Gasteiger charge is 1.95. The van der Waals surface area contributed by atoms with Crippen molar-refractivity contribution < 1.29 is 0 Å². The van der Waals surface area contributed by atoms with E-state index in [-0.39, 0.29) is 5.56 Å². The highest BCUT2D eigenvalue weighted by atomic mass is 16.1. The van der Waals surface area contributed by atoms with E-state index in [1.807, 2.05) is 6.92 Å². The highest BCUT2D eigenvalue weighted by molar-refractivity contribution is 4.95. The van der Waals surface area contributed by atoms with Crippen LogP contribution in [0.4, 0.5) is 0 Å². The molecule has 0 bridgehead atoms. The van der Waals surface area contributed by atoms with E-state index in [4.69, 9.17) is 0 Å². The Morgan fingerprint density at radius 3 is 3.08 bits per heavy atom. The van der Waals surface area contributed by atoms with Crippen molar-refractivity contribution in [2.45, 2.75) is 19.9 Å². The third-order valence-electron chi connectivity index (χ3n) is 1.69. The molecule has 1 rings (SSSR count). The molecule has 3 nitrogen and oxygen atoms in total. The summed E-state index contributed by atoms with van der Waals surface area (Å²) in [6, 6.07) is 1.45. The normalized spacial score (nSPS) is 9.75. The van der Waals surface area contributed by atoms with Crippen molar-refractivity contribution in [1.82, 2.24) is 9.55 Å². The van der Waals surface area contributed by atoms with Gasteiger partial charge in [-0.05, 0) is 6.42 Å². The fraction of sp³-hybridized carbons (Fsp3) is 0.333. The number of allylic oxidation sites excluding steroid dienone is 1. The van der Waals surface area contributed by atoms with E-state index in [0.717, 1.165) is 12.0 Å². The average molecular weight is 164 g/mol. The summed E-state index contributed by atoms with van der Waals surface area (Å²) in [6.45, 7) is 6.41. The summed E-state index contributed by atoms with van der Waals surface area (Å²) in [6.07, 6.45) is 3.91. The predicted molar refractivity (Wildman–Crippen MR) is 47.9 cm³/mol. The van der Waals surface area contributed by atoms with Gasteiger partial charge in [-0.25, -0.2) is 4.98 Å². The molecule has 0 aromatic carbocycles. The van der Waals surface area contributed by atoms with E-state index in [2.05, 4.69) is 11.6 Å². The Kier molecular flexibility index (Phi) is 2.80. The van der Waals surface area contributed by atoms with Gasteiger partial charge in [0, 0.05) is 18.8 Å². The van der Waals surface area contributed by atoms with Gasteiger partial charge in [0.25, 0.3) is 5.56 Å². The van der Waals surface area contributed by atoms with Gasteiger partial charge in [-0.3, -0.25) is 9.36 Å². The summed E-state index contributed by atoms with van der Waals surface area (Å²) >= 11 is 0. The lowest BCUT2D eigenvalue weighted by Gasteiger charge is -2.04. The summed E-state index contributed by atoms with van der Waals surface area (Å²) < 4.78 is 1.55. The molecule has 12 heavy (non-hydrogen) atoms. The second-order valence-electron chi connectivity index (χ2n) is 2.65. The van der Waals surface area contributed by atoms with Crippen LogP contribution in [-0.2, 0) is 6.54 Å². The van der Waals surface area contributed by atoms with Crippen molar-refractivity contribution in [2.24, 2.45) is 0 Å². The van der Waals surface area contributed by atoms with Crippen LogP contribution < -0.4 is 5.56 Å². The molecule has 0 aliphatic heterocycles. The number of nitrogens with zero attached hydrogens (tertiary/aromatic N) is 2. The van der Waals surface area contributed by atoms with Crippen LogP contribution in [0.5, 0.6) is 0 Å². The predicted octanol–water partition coefficient (Wildman–Crippen LogP) is 1.21. The Bertz CT molecular complexity index is 327. The minimum absolute atomic E-state index is 0.0281. The minimum atomic E-state index is -0.0281. The molecule has 64 valence electrons. The summed E-state index contributed by atoms with van der Waals surface area (Å²) in [5.41, 5.74) is 1.00. The number of aromatic nitrogens is 2. The average Bonchev–Trinajstić information content (AvgIpc) is 2.09. The van der Waals surface area contributed by atoms with Gasteiger partial charge in [-0.2, -0.15) is 0 Å². The Morgan fingerprint density at radius 1 is 1.75 bits per heavy atom. The van der Waals surface area contributed by atoms with Gasteiger partial charge in [0.2, 0.25) is 0 Å². The van der Waals surface area contributed by atoms with Crippen LogP contribution in [0, 0.1) is 0 Å². The molecule has 0 aliphatic carbocycles. The molecule has 0 atom stereocenters. The lowest BCUT2D eigenvalue weighted by molar-refractivity contribution is 0.709. The van der Waals surface area contributed by atoms with Gasteiger partial charge >= 0.3 is 0 Å². The highest BCUT2D eigenvalue weighted by Crippen LogP contribution is 1.97. The van der Waals surface area contributed by atoms with Crippen LogP contribution in [0.15, 0.2) is 35.5 Å². The summed E-state index contributed by atoms with van der Waals surface area (Å²) in [5.74, 6) is 0. The van der Waals surface area contributed by atoms with Crippen LogP contribution >= 0.6 is 0 Å². The van der Waals surface area contributed by atoms with E-state index < -0.39 is 0 Å². The molecule has 0 fully saturated rings. The maximum atomic E-state index is 11.2. The molecular weight excluding hydrogens is 152 g/mol. The Hall–Kier alpha value is -1.38.